The average Bonchev–Trinajstić information content (AvgIpc) is 2.42. The summed E-state index contributed by atoms with van der Waals surface area (Å²) >= 11 is 4.11. The van der Waals surface area contributed by atoms with Gasteiger partial charge in [-0.1, -0.05) is 57.2 Å². The van der Waals surface area contributed by atoms with Gasteiger partial charge in [0.1, 0.15) is 17.3 Å². The van der Waals surface area contributed by atoms with Crippen molar-refractivity contribution < 1.29 is 210 Å². The molecule has 0 bridgehead atoms. The van der Waals surface area contributed by atoms with Crippen LogP contribution in [0.25, 0.3) is 0 Å². The van der Waals surface area contributed by atoms with Crippen molar-refractivity contribution in [3.05, 3.63) is 59.7 Å². The number of hydrogen-bond acceptors (Lipinski definition) is 11. The van der Waals surface area contributed by atoms with Crippen molar-refractivity contribution in [1.82, 2.24) is 0 Å². The third-order valence-electron chi connectivity index (χ3n) is 14.9. The number of ketones is 1. The minimum atomic E-state index is -1.38. The molecule has 7 aliphatic rings. The van der Waals surface area contributed by atoms with Crippen LogP contribution in [0.2, 0.25) is 0 Å². The Morgan fingerprint density at radius 2 is 0.929 bits per heavy atom. The molecule has 0 N–H and O–H groups in total. The molecule has 4 saturated carbocycles. The van der Waals surface area contributed by atoms with Crippen molar-refractivity contribution in [1.29, 1.82) is 0 Å². The summed E-state index contributed by atoms with van der Waals surface area (Å²) in [4.78, 5) is 65.5. The zero-order valence-corrected chi connectivity index (χ0v) is 86.1. The van der Waals surface area contributed by atoms with Crippen molar-refractivity contribution in [3.8, 4) is 11.5 Å². The zero-order valence-electron chi connectivity index (χ0n) is 46.0. The Hall–Kier alpha value is 12.7. The molecule has 2 aromatic carbocycles. The molecule has 3 aliphatic heterocycles. The number of rotatable bonds is 15. The van der Waals surface area contributed by atoms with E-state index in [-0.39, 0.29) is 309 Å². The minimum absolute atomic E-state index is 0. The summed E-state index contributed by atoms with van der Waals surface area (Å²) in [6.07, 6.45) is 6.38. The maximum Gasteiger partial charge on any atom is 0.329 e. The summed E-state index contributed by atoms with van der Waals surface area (Å²) in [5.74, 6) is 0.891. The molecule has 467 valence electrons. The predicted octanol–water partition coefficient (Wildman–Crippen LogP) is 21.1. The van der Waals surface area contributed by atoms with Crippen molar-refractivity contribution in [2.75, 3.05) is 24.7 Å². The van der Waals surface area contributed by atoms with E-state index in [1.54, 1.807) is 19.1 Å². The van der Waals surface area contributed by atoms with Crippen LogP contribution < -0.4 is 9.47 Å². The van der Waals surface area contributed by atoms with Crippen molar-refractivity contribution in [3.63, 3.8) is 0 Å². The smallest absolute Gasteiger partial charge is 0.329 e. The zero-order chi connectivity index (χ0) is 55.6. The van der Waals surface area contributed by atoms with Crippen LogP contribution in [0.5, 0.6) is 11.5 Å². The summed E-state index contributed by atoms with van der Waals surface area (Å²) in [6.45, 7) is 4.57. The number of ether oxygens (including phenoxy) is 4. The molecule has 5 fully saturated rings. The van der Waals surface area contributed by atoms with E-state index in [0.717, 1.165) is 69.1 Å². The van der Waals surface area contributed by atoms with Crippen LogP contribution in [0.1, 0.15) is 88.2 Å². The van der Waals surface area contributed by atoms with E-state index in [2.05, 4.69) is 140 Å². The van der Waals surface area contributed by atoms with Gasteiger partial charge < -0.3 is 18.9 Å². The number of thioether (sulfide) groups is 2. The third kappa shape index (κ3) is 22.9. The van der Waals surface area contributed by atoms with Crippen LogP contribution in [-0.4, -0.2) is 58.5 Å². The van der Waals surface area contributed by atoms with E-state index in [0.29, 0.717) is 23.8 Å². The second-order valence-corrected chi connectivity index (χ2v) is 120. The van der Waals surface area contributed by atoms with E-state index < -0.39 is 28.7 Å². The molecule has 0 aromatic heterocycles. The second-order valence-electron chi connectivity index (χ2n) is 18.6. The van der Waals surface area contributed by atoms with Gasteiger partial charge in [0.05, 0.1) is 17.3 Å². The summed E-state index contributed by atoms with van der Waals surface area (Å²) in [5, 5.41) is 0. The van der Waals surface area contributed by atoms with Gasteiger partial charge >= 0.3 is 23.9 Å². The Bertz CT molecular complexity index is 2420. The van der Waals surface area contributed by atoms with Crippen LogP contribution >= 0.6 is 224 Å². The fraction of sp³-hybridized carbons (Fsp3) is 0.575. The van der Waals surface area contributed by atoms with Gasteiger partial charge in [0.25, 0.3) is 0 Å². The number of carbonyl (C=O) groups is 5. The molecule has 9 nitrogen and oxygen atoms in total. The molecule has 3 heterocycles. The topological polar surface area (TPSA) is 122 Å². The summed E-state index contributed by atoms with van der Waals surface area (Å²) in [7, 11) is 43.0. The first-order valence-corrected chi connectivity index (χ1v) is 71.0. The van der Waals surface area contributed by atoms with E-state index in [4.69, 9.17) is 18.9 Å². The standard InChI is InChI=1S/C21H24O4S2.C19H20O5.H27P25.9V/c1-2-24-18(22)21-15-8-5-7-14(15)20(26-10-11-27-20)12-16(21)13-6-3-4-9-17(13)25-19(21)23;1-2-23-17(21)19-13-8-5-7-11(13)15(20)10-14(19)12-6-3-4-9-16(12)24-18(19)22;1-14-21(15(2)3)24(20(12)13)25(22(16(4)5)17(6)7)23(18(8)9)19(10)11;;;;;;;;;/h3-4,6,9,14-16H,2,5,7-8,10-12H2,1H3;3-4,6,9,11,13-14H,2,5,7-8,10H2,1H3;14H,1-13H2;;;;;;;;;. The van der Waals surface area contributed by atoms with Gasteiger partial charge in [-0.3, -0.25) is 24.0 Å². The number of para-hydroxylation sites is 2. The van der Waals surface area contributed by atoms with Crippen LogP contribution in [0.3, 0.4) is 0 Å². The SMILES string of the molecule is CCOC(=O)C12C(=O)Oc3ccccc3C1CC(=O)C1CCCC12.CCOC(=O)C12C(=O)Oc3ccccc3C1CC1(SCCS1)C1CCCC12.PPP(P(P)P)P(P(P)P)P(P(P(P)P)P(P)P)P(P(P)P)P(P)P.[V].[V].[V].[V].[V].[V].[V].[V].[V]. The first-order valence-electron chi connectivity index (χ1n) is 24.1. The molecule has 9 rings (SSSR count). The summed E-state index contributed by atoms with van der Waals surface area (Å²) < 4.78 is 22.3. The molecular weight excluding hydrogens is 1920 g/mol. The van der Waals surface area contributed by atoms with Crippen LogP contribution in [0.4, 0.5) is 0 Å². The quantitative estimate of drug-likeness (QED) is 0.0733. The number of carbonyl (C=O) groups excluding carboxylic acids is 5. The molecule has 85 heavy (non-hydrogen) atoms. The summed E-state index contributed by atoms with van der Waals surface area (Å²) in [5.41, 5.74) is -0.785. The van der Waals surface area contributed by atoms with Crippen LogP contribution in [0.15, 0.2) is 48.5 Å². The van der Waals surface area contributed by atoms with Crippen LogP contribution in [-0.2, 0) is 200 Å². The molecule has 9 radical (unpaired) electrons. The first kappa shape index (κ1) is 102. The molecule has 24 atom stereocenters. The molecule has 0 amide bonds. The fourth-order valence-corrected chi connectivity index (χ4v) is 330. The van der Waals surface area contributed by atoms with Gasteiger partial charge in [0.2, 0.25) is 0 Å². The predicted molar refractivity (Wildman–Crippen MR) is 402 cm³/mol. The number of hydrogen-bond donors (Lipinski definition) is 0. The first-order chi connectivity index (χ1) is 36.1. The van der Waals surface area contributed by atoms with E-state index >= 15 is 0 Å². The monoisotopic (exact) mass is 1990 g/mol. The number of fused-ring (bicyclic) bond motifs is 11. The maximum absolute atomic E-state index is 13.4. The van der Waals surface area contributed by atoms with Gasteiger partial charge in [-0.25, -0.2) is 0 Å². The number of Topliss-reactive ketones (excluding diaryl/α,β-unsaturated/α-hetero) is 1. The Morgan fingerprint density at radius 3 is 1.34 bits per heavy atom. The molecule has 2 aromatic rings. The molecule has 1 spiro atoms. The third-order valence-corrected chi connectivity index (χ3v) is 180. The molecule has 45 heteroatoms. The van der Waals surface area contributed by atoms with Gasteiger partial charge in [-0.15, -0.1) is 140 Å². The van der Waals surface area contributed by atoms with Gasteiger partial charge in [-0.2, -0.15) is 0 Å². The molecule has 24 unspecified atom stereocenters. The fourth-order valence-electron chi connectivity index (χ4n) is 12.3. The van der Waals surface area contributed by atoms with Crippen molar-refractivity contribution in [2.45, 2.75) is 81.1 Å². The van der Waals surface area contributed by atoms with Gasteiger partial charge in [0, 0.05) is 208 Å². The maximum atomic E-state index is 13.4. The average molecular weight is 1990 g/mol. The Morgan fingerprint density at radius 1 is 0.541 bits per heavy atom. The Labute approximate surface area is 665 Å². The van der Waals surface area contributed by atoms with E-state index in [9.17, 15) is 24.0 Å². The minimum Gasteiger partial charge on any atom is -0.465 e. The molecule has 1 saturated heterocycles. The number of benzene rings is 2. The molecule has 4 aliphatic carbocycles. The molecular formula is C40H71O9P25S2V9. The van der Waals surface area contributed by atoms with E-state index in [1.807, 2.05) is 43.3 Å². The van der Waals surface area contributed by atoms with Crippen molar-refractivity contribution >= 4 is 254 Å². The summed E-state index contributed by atoms with van der Waals surface area (Å²) in [6, 6.07) is 15.0. The van der Waals surface area contributed by atoms with Gasteiger partial charge in [-0.05, 0) is 158 Å². The Kier molecular flexibility index (Phi) is 57.6. The van der Waals surface area contributed by atoms with Crippen LogP contribution in [0, 0.1) is 34.5 Å². The second kappa shape index (κ2) is 48.1. The number of esters is 4. The van der Waals surface area contributed by atoms with E-state index in [1.165, 1.54) is 0 Å². The van der Waals surface area contributed by atoms with Gasteiger partial charge in [0.15, 0.2) is 10.8 Å². The normalized spacial score (nSPS) is 25.9. The Balaban J connectivity index is -0.00000113. The van der Waals surface area contributed by atoms with Crippen molar-refractivity contribution in [2.24, 2.45) is 34.5 Å². The largest absolute Gasteiger partial charge is 0.465 e.